The third-order valence-corrected chi connectivity index (χ3v) is 6.98. The maximum Gasteiger partial charge on any atom is 0.174 e. The Morgan fingerprint density at radius 2 is 2.00 bits per heavy atom. The predicted molar refractivity (Wildman–Crippen MR) is 116 cm³/mol. The fourth-order valence-corrected chi connectivity index (χ4v) is 5.46. The number of fused-ring (bicyclic) bond motifs is 1. The molecule has 0 bridgehead atoms. The van der Waals surface area contributed by atoms with E-state index in [0.717, 1.165) is 38.5 Å². The lowest BCUT2D eigenvalue weighted by Gasteiger charge is -2.41. The number of piperidine rings is 1. The average Bonchev–Trinajstić information content (AvgIpc) is 3.42. The monoisotopic (exact) mass is 409 g/mol. The van der Waals surface area contributed by atoms with Crippen molar-refractivity contribution in [2.75, 3.05) is 24.7 Å². The molecule has 2 aliphatic rings. The summed E-state index contributed by atoms with van der Waals surface area (Å²) >= 11 is 1.92. The van der Waals surface area contributed by atoms with Gasteiger partial charge in [-0.05, 0) is 42.8 Å². The average molecular weight is 410 g/mol. The lowest BCUT2D eigenvalue weighted by Crippen LogP contribution is -2.50. The van der Waals surface area contributed by atoms with E-state index in [9.17, 15) is 0 Å². The Labute approximate surface area is 175 Å². The summed E-state index contributed by atoms with van der Waals surface area (Å²) in [6, 6.07) is 13.6. The molecule has 0 atom stereocenters. The standard InChI is InChI=1S/C21H27N7S/c1-2-21-23-25-28(24-21)15-27-14-26(17-8-10-22-11-9-17)13-20-18(27)12-19(29-20)16-6-4-3-5-7-16/h3-7,12,17,22H,2,8-11,13-15H2,1H3. The Balaban J connectivity index is 1.46. The van der Waals surface area contributed by atoms with Crippen molar-refractivity contribution in [1.29, 1.82) is 0 Å². The summed E-state index contributed by atoms with van der Waals surface area (Å²) < 4.78 is 0. The van der Waals surface area contributed by atoms with Crippen LogP contribution in [0.3, 0.4) is 0 Å². The van der Waals surface area contributed by atoms with E-state index in [0.29, 0.717) is 12.7 Å². The van der Waals surface area contributed by atoms with Gasteiger partial charge in [0, 0.05) is 28.8 Å². The van der Waals surface area contributed by atoms with E-state index in [2.05, 4.69) is 73.8 Å². The van der Waals surface area contributed by atoms with Gasteiger partial charge in [-0.2, -0.15) is 0 Å². The molecule has 2 aliphatic heterocycles. The molecule has 2 aromatic heterocycles. The van der Waals surface area contributed by atoms with Gasteiger partial charge in [0.25, 0.3) is 0 Å². The zero-order valence-corrected chi connectivity index (χ0v) is 17.6. The minimum atomic E-state index is 0.629. The second kappa shape index (κ2) is 8.22. The topological polar surface area (TPSA) is 62.1 Å². The third-order valence-electron chi connectivity index (χ3n) is 5.82. The number of benzene rings is 1. The molecule has 0 spiro atoms. The van der Waals surface area contributed by atoms with Gasteiger partial charge in [0.1, 0.15) is 6.67 Å². The lowest BCUT2D eigenvalue weighted by molar-refractivity contribution is 0.143. The highest BCUT2D eigenvalue weighted by Crippen LogP contribution is 2.41. The van der Waals surface area contributed by atoms with Crippen LogP contribution in [0.25, 0.3) is 10.4 Å². The van der Waals surface area contributed by atoms with Crippen molar-refractivity contribution in [2.45, 2.75) is 45.4 Å². The number of aromatic nitrogens is 4. The summed E-state index contributed by atoms with van der Waals surface area (Å²) in [5.74, 6) is 0.799. The summed E-state index contributed by atoms with van der Waals surface area (Å²) in [6.07, 6.45) is 3.23. The van der Waals surface area contributed by atoms with Gasteiger partial charge in [-0.3, -0.25) is 4.90 Å². The van der Waals surface area contributed by atoms with Crippen molar-refractivity contribution in [3.8, 4) is 10.4 Å². The van der Waals surface area contributed by atoms with E-state index in [-0.39, 0.29) is 0 Å². The van der Waals surface area contributed by atoms with Crippen LogP contribution in [0.5, 0.6) is 0 Å². The molecule has 1 saturated heterocycles. The summed E-state index contributed by atoms with van der Waals surface area (Å²) in [7, 11) is 0. The van der Waals surface area contributed by atoms with Crippen LogP contribution in [0.4, 0.5) is 5.69 Å². The molecule has 0 saturated carbocycles. The van der Waals surface area contributed by atoms with Gasteiger partial charge in [0.05, 0.1) is 12.4 Å². The van der Waals surface area contributed by atoms with Crippen molar-refractivity contribution in [3.05, 3.63) is 47.1 Å². The second-order valence-corrected chi connectivity index (χ2v) is 8.90. The molecule has 5 rings (SSSR count). The summed E-state index contributed by atoms with van der Waals surface area (Å²) in [6.45, 7) is 6.84. The van der Waals surface area contributed by atoms with Gasteiger partial charge in [0.2, 0.25) is 0 Å². The fourth-order valence-electron chi connectivity index (χ4n) is 4.24. The Morgan fingerprint density at radius 3 is 2.76 bits per heavy atom. The molecule has 0 unspecified atom stereocenters. The van der Waals surface area contributed by atoms with Crippen molar-refractivity contribution < 1.29 is 0 Å². The highest BCUT2D eigenvalue weighted by atomic mass is 32.1. The second-order valence-electron chi connectivity index (χ2n) is 7.77. The Bertz CT molecular complexity index is 945. The normalized spacial score (nSPS) is 18.2. The molecule has 0 radical (unpaired) electrons. The molecule has 3 aromatic rings. The van der Waals surface area contributed by atoms with Crippen LogP contribution in [-0.4, -0.2) is 50.9 Å². The third kappa shape index (κ3) is 3.92. The predicted octanol–water partition coefficient (Wildman–Crippen LogP) is 2.95. The van der Waals surface area contributed by atoms with Gasteiger partial charge in [-0.25, -0.2) is 0 Å². The number of rotatable bonds is 5. The minimum Gasteiger partial charge on any atom is -0.336 e. The Morgan fingerprint density at radius 1 is 1.17 bits per heavy atom. The van der Waals surface area contributed by atoms with Crippen molar-refractivity contribution in [2.24, 2.45) is 0 Å². The number of hydrogen-bond acceptors (Lipinski definition) is 7. The Kier molecular flexibility index (Phi) is 5.30. The molecular weight excluding hydrogens is 382 g/mol. The van der Waals surface area contributed by atoms with E-state index < -0.39 is 0 Å². The maximum absolute atomic E-state index is 4.53. The number of nitrogens with one attached hydrogen (secondary N) is 1. The van der Waals surface area contributed by atoms with Gasteiger partial charge < -0.3 is 10.2 Å². The highest BCUT2D eigenvalue weighted by Gasteiger charge is 2.31. The number of anilines is 1. The summed E-state index contributed by atoms with van der Waals surface area (Å²) in [5.41, 5.74) is 2.60. The largest absolute Gasteiger partial charge is 0.336 e. The number of hydrogen-bond donors (Lipinski definition) is 1. The number of thiophene rings is 1. The van der Waals surface area contributed by atoms with E-state index in [1.165, 1.54) is 33.8 Å². The Hall–Kier alpha value is -2.29. The number of aryl methyl sites for hydroxylation is 1. The minimum absolute atomic E-state index is 0.629. The van der Waals surface area contributed by atoms with Crippen LogP contribution >= 0.6 is 11.3 Å². The van der Waals surface area contributed by atoms with Crippen LogP contribution in [-0.2, 0) is 19.6 Å². The fraction of sp³-hybridized carbons (Fsp3) is 0.476. The van der Waals surface area contributed by atoms with E-state index in [1.807, 2.05) is 11.3 Å². The molecule has 1 aromatic carbocycles. The molecule has 1 N–H and O–H groups in total. The number of nitrogens with zero attached hydrogens (tertiary/aromatic N) is 6. The van der Waals surface area contributed by atoms with Crippen molar-refractivity contribution >= 4 is 17.0 Å². The molecule has 0 aliphatic carbocycles. The quantitative estimate of drug-likeness (QED) is 0.699. The first-order chi connectivity index (χ1) is 14.3. The van der Waals surface area contributed by atoms with Gasteiger partial charge in [-0.15, -0.1) is 26.3 Å². The molecule has 8 heteroatoms. The van der Waals surface area contributed by atoms with Crippen LogP contribution in [0.1, 0.15) is 30.5 Å². The smallest absolute Gasteiger partial charge is 0.174 e. The van der Waals surface area contributed by atoms with Gasteiger partial charge in [0.15, 0.2) is 5.82 Å². The van der Waals surface area contributed by atoms with E-state index in [1.54, 1.807) is 4.80 Å². The maximum atomic E-state index is 4.53. The van der Waals surface area contributed by atoms with Gasteiger partial charge >= 0.3 is 0 Å². The van der Waals surface area contributed by atoms with Crippen LogP contribution in [0.2, 0.25) is 0 Å². The molecule has 4 heterocycles. The van der Waals surface area contributed by atoms with Crippen LogP contribution in [0.15, 0.2) is 36.4 Å². The molecule has 7 nitrogen and oxygen atoms in total. The molecular formula is C21H27N7S. The van der Waals surface area contributed by atoms with Crippen molar-refractivity contribution in [1.82, 2.24) is 30.4 Å². The molecule has 1 fully saturated rings. The summed E-state index contributed by atoms with van der Waals surface area (Å²) in [5, 5.41) is 16.4. The lowest BCUT2D eigenvalue weighted by atomic mass is 10.0. The first-order valence-corrected chi connectivity index (χ1v) is 11.3. The molecule has 152 valence electrons. The molecule has 0 amide bonds. The highest BCUT2D eigenvalue weighted by molar-refractivity contribution is 7.16. The number of tetrazole rings is 1. The van der Waals surface area contributed by atoms with Gasteiger partial charge in [-0.1, -0.05) is 37.3 Å². The molecule has 29 heavy (non-hydrogen) atoms. The first-order valence-electron chi connectivity index (χ1n) is 10.4. The first kappa shape index (κ1) is 18.7. The SMILES string of the molecule is CCc1nnn(CN2CN(C3CCNCC3)Cc3sc(-c4ccccc4)cc32)n1. The zero-order chi connectivity index (χ0) is 19.6. The van der Waals surface area contributed by atoms with Crippen molar-refractivity contribution in [3.63, 3.8) is 0 Å². The summed E-state index contributed by atoms with van der Waals surface area (Å²) in [4.78, 5) is 9.53. The van der Waals surface area contributed by atoms with Crippen LogP contribution < -0.4 is 10.2 Å². The zero-order valence-electron chi connectivity index (χ0n) is 16.8. The van der Waals surface area contributed by atoms with E-state index in [4.69, 9.17) is 0 Å². The van der Waals surface area contributed by atoms with Crippen LogP contribution in [0, 0.1) is 0 Å². The van der Waals surface area contributed by atoms with E-state index >= 15 is 0 Å².